The lowest BCUT2D eigenvalue weighted by Gasteiger charge is -2.36. The third-order valence-corrected chi connectivity index (χ3v) is 5.80. The van der Waals surface area contributed by atoms with Crippen LogP contribution in [0.3, 0.4) is 0 Å². The Morgan fingerprint density at radius 3 is 2.85 bits per heavy atom. The number of aromatic nitrogens is 2. The molecular formula is C22H29N3O2. The smallest absolute Gasteiger partial charge is 0.326 e. The molecule has 144 valence electrons. The van der Waals surface area contributed by atoms with Crippen molar-refractivity contribution in [3.8, 4) is 6.07 Å². The molecule has 0 radical (unpaired) electrons. The van der Waals surface area contributed by atoms with Gasteiger partial charge in [0.2, 0.25) is 0 Å². The van der Waals surface area contributed by atoms with Crippen LogP contribution < -0.4 is 0 Å². The van der Waals surface area contributed by atoms with Crippen LogP contribution in [0.4, 0.5) is 0 Å². The number of nitrogens with zero attached hydrogens (tertiary/aromatic N) is 3. The van der Waals surface area contributed by atoms with Gasteiger partial charge in [0, 0.05) is 6.42 Å². The van der Waals surface area contributed by atoms with Crippen molar-refractivity contribution in [3.63, 3.8) is 0 Å². The first kappa shape index (κ1) is 19.4. The third kappa shape index (κ3) is 4.16. The number of imidazole rings is 1. The Kier molecular flexibility index (Phi) is 5.84. The number of rotatable bonds is 5. The lowest BCUT2D eigenvalue weighted by molar-refractivity contribution is -0.156. The molecule has 1 saturated carbocycles. The van der Waals surface area contributed by atoms with Gasteiger partial charge >= 0.3 is 5.97 Å². The molecule has 27 heavy (non-hydrogen) atoms. The number of fused-ring (bicyclic) bond motifs is 1. The van der Waals surface area contributed by atoms with E-state index in [0.717, 1.165) is 36.1 Å². The Bertz CT molecular complexity index is 862. The molecule has 2 aromatic rings. The van der Waals surface area contributed by atoms with Crippen molar-refractivity contribution in [2.45, 2.75) is 66.0 Å². The quantitative estimate of drug-likeness (QED) is 0.731. The molecule has 5 nitrogen and oxygen atoms in total. The number of benzene rings is 1. The maximum atomic E-state index is 12.8. The van der Waals surface area contributed by atoms with E-state index in [-0.39, 0.29) is 18.6 Å². The van der Waals surface area contributed by atoms with Crippen LogP contribution in [0.1, 0.15) is 58.3 Å². The van der Waals surface area contributed by atoms with Crippen LogP contribution in [0.2, 0.25) is 0 Å². The molecule has 1 heterocycles. The standard InChI is InChI=1S/C22H29N3O2/c1-5-21-24-18-11-16(12-23)7-9-19(18)25(21)13-22(26)27-20-10-15(4)6-8-17(20)14(2)3/h7,9,11,14-15,17,20H,5-6,8,10,13H2,1-4H3/t15?,17?,20-/m1/s1. The van der Waals surface area contributed by atoms with Gasteiger partial charge in [-0.05, 0) is 48.8 Å². The second kappa shape index (κ2) is 8.12. The van der Waals surface area contributed by atoms with Gasteiger partial charge in [-0.3, -0.25) is 4.79 Å². The summed E-state index contributed by atoms with van der Waals surface area (Å²) in [6, 6.07) is 7.55. The van der Waals surface area contributed by atoms with E-state index in [1.165, 1.54) is 6.42 Å². The van der Waals surface area contributed by atoms with Crippen molar-refractivity contribution in [1.82, 2.24) is 9.55 Å². The molecule has 0 spiro atoms. The summed E-state index contributed by atoms with van der Waals surface area (Å²) in [7, 11) is 0. The van der Waals surface area contributed by atoms with Crippen LogP contribution in [-0.2, 0) is 22.5 Å². The van der Waals surface area contributed by atoms with Gasteiger partial charge in [-0.1, -0.05) is 34.1 Å². The third-order valence-electron chi connectivity index (χ3n) is 5.80. The summed E-state index contributed by atoms with van der Waals surface area (Å²) in [6.45, 7) is 8.86. The highest BCUT2D eigenvalue weighted by molar-refractivity contribution is 5.80. The fourth-order valence-electron chi connectivity index (χ4n) is 4.28. The van der Waals surface area contributed by atoms with Gasteiger partial charge in [0.1, 0.15) is 18.5 Å². The zero-order valence-corrected chi connectivity index (χ0v) is 16.7. The fraction of sp³-hybridized carbons (Fsp3) is 0.591. The number of ether oxygens (including phenoxy) is 1. The van der Waals surface area contributed by atoms with Crippen LogP contribution in [0, 0.1) is 29.1 Å². The molecule has 1 aromatic heterocycles. The second-order valence-electron chi connectivity index (χ2n) is 8.14. The van der Waals surface area contributed by atoms with Crippen molar-refractivity contribution in [2.75, 3.05) is 0 Å². The molecule has 3 rings (SSSR count). The van der Waals surface area contributed by atoms with Crippen molar-refractivity contribution < 1.29 is 9.53 Å². The summed E-state index contributed by atoms with van der Waals surface area (Å²) in [4.78, 5) is 17.4. The van der Waals surface area contributed by atoms with E-state index < -0.39 is 0 Å². The average Bonchev–Trinajstić information content (AvgIpc) is 2.98. The van der Waals surface area contributed by atoms with Gasteiger partial charge in [0.15, 0.2) is 0 Å². The molecule has 0 N–H and O–H groups in total. The topological polar surface area (TPSA) is 67.9 Å². The van der Waals surface area contributed by atoms with E-state index in [4.69, 9.17) is 10.00 Å². The number of hydrogen-bond donors (Lipinski definition) is 0. The van der Waals surface area contributed by atoms with Crippen LogP contribution >= 0.6 is 0 Å². The summed E-state index contributed by atoms with van der Waals surface area (Å²) < 4.78 is 7.89. The lowest BCUT2D eigenvalue weighted by Crippen LogP contribution is -2.36. The number of carbonyl (C=O) groups excluding carboxylic acids is 1. The molecule has 1 aliphatic rings. The molecule has 1 aliphatic carbocycles. The fourth-order valence-corrected chi connectivity index (χ4v) is 4.28. The summed E-state index contributed by atoms with van der Waals surface area (Å²) in [5, 5.41) is 9.09. The monoisotopic (exact) mass is 367 g/mol. The molecule has 2 unspecified atom stereocenters. The van der Waals surface area contributed by atoms with Gasteiger partial charge < -0.3 is 9.30 Å². The Morgan fingerprint density at radius 2 is 2.19 bits per heavy atom. The molecule has 0 bridgehead atoms. The molecule has 1 aromatic carbocycles. The highest BCUT2D eigenvalue weighted by Crippen LogP contribution is 2.35. The summed E-state index contributed by atoms with van der Waals surface area (Å²) >= 11 is 0. The number of aryl methyl sites for hydroxylation is 1. The number of esters is 1. The van der Waals surface area contributed by atoms with E-state index in [0.29, 0.717) is 23.3 Å². The van der Waals surface area contributed by atoms with Crippen molar-refractivity contribution in [3.05, 3.63) is 29.6 Å². The van der Waals surface area contributed by atoms with Crippen molar-refractivity contribution in [2.24, 2.45) is 17.8 Å². The Morgan fingerprint density at radius 1 is 1.41 bits per heavy atom. The molecule has 1 fully saturated rings. The zero-order valence-electron chi connectivity index (χ0n) is 16.7. The minimum Gasteiger partial charge on any atom is -0.461 e. The molecule has 0 saturated heterocycles. The van der Waals surface area contributed by atoms with Gasteiger partial charge in [-0.25, -0.2) is 4.98 Å². The zero-order chi connectivity index (χ0) is 19.6. The minimum atomic E-state index is -0.196. The Labute approximate surface area is 161 Å². The summed E-state index contributed by atoms with van der Waals surface area (Å²) in [6.07, 6.45) is 4.02. The van der Waals surface area contributed by atoms with E-state index in [1.54, 1.807) is 12.1 Å². The largest absolute Gasteiger partial charge is 0.461 e. The second-order valence-corrected chi connectivity index (χ2v) is 8.14. The highest BCUT2D eigenvalue weighted by atomic mass is 16.5. The predicted octanol–water partition coefficient (Wildman–Crippen LogP) is 4.47. The molecule has 0 aliphatic heterocycles. The summed E-state index contributed by atoms with van der Waals surface area (Å²) in [5.74, 6) is 2.20. The summed E-state index contributed by atoms with van der Waals surface area (Å²) in [5.41, 5.74) is 2.21. The molecule has 5 heteroatoms. The van der Waals surface area contributed by atoms with E-state index in [2.05, 4.69) is 31.8 Å². The van der Waals surface area contributed by atoms with Crippen molar-refractivity contribution >= 4 is 17.0 Å². The first-order chi connectivity index (χ1) is 12.9. The van der Waals surface area contributed by atoms with Gasteiger partial charge in [0.05, 0.1) is 22.7 Å². The van der Waals surface area contributed by atoms with Crippen LogP contribution in [-0.4, -0.2) is 21.6 Å². The lowest BCUT2D eigenvalue weighted by atomic mass is 9.75. The Hall–Kier alpha value is -2.35. The highest BCUT2D eigenvalue weighted by Gasteiger charge is 2.33. The van der Waals surface area contributed by atoms with Crippen LogP contribution in [0.5, 0.6) is 0 Å². The minimum absolute atomic E-state index is 0.00584. The SMILES string of the molecule is CCc1nc2cc(C#N)ccc2n1CC(=O)O[C@@H]1CC(C)CCC1C(C)C. The molecule has 0 amide bonds. The number of carbonyl (C=O) groups is 1. The molecule has 3 atom stereocenters. The maximum absolute atomic E-state index is 12.8. The van der Waals surface area contributed by atoms with Crippen LogP contribution in [0.15, 0.2) is 18.2 Å². The van der Waals surface area contributed by atoms with E-state index in [9.17, 15) is 4.79 Å². The predicted molar refractivity (Wildman–Crippen MR) is 105 cm³/mol. The van der Waals surface area contributed by atoms with Gasteiger partial charge in [0.25, 0.3) is 0 Å². The van der Waals surface area contributed by atoms with Crippen LogP contribution in [0.25, 0.3) is 11.0 Å². The first-order valence-electron chi connectivity index (χ1n) is 10.0. The maximum Gasteiger partial charge on any atom is 0.326 e. The first-order valence-corrected chi connectivity index (χ1v) is 10.0. The van der Waals surface area contributed by atoms with Crippen molar-refractivity contribution in [1.29, 1.82) is 5.26 Å². The van der Waals surface area contributed by atoms with Gasteiger partial charge in [-0.15, -0.1) is 0 Å². The normalized spacial score (nSPS) is 22.7. The average molecular weight is 367 g/mol. The van der Waals surface area contributed by atoms with E-state index in [1.807, 2.05) is 17.6 Å². The molecular weight excluding hydrogens is 338 g/mol. The number of hydrogen-bond acceptors (Lipinski definition) is 4. The van der Waals surface area contributed by atoms with Gasteiger partial charge in [-0.2, -0.15) is 5.26 Å². The Balaban J connectivity index is 1.80. The number of nitriles is 1. The van der Waals surface area contributed by atoms with E-state index >= 15 is 0 Å².